The molecule has 2 atom stereocenters. The monoisotopic (exact) mass is 226 g/mol. The van der Waals surface area contributed by atoms with E-state index in [-0.39, 0.29) is 12.1 Å². The standard InChI is InChI=1S/C12H22N2O2/c1-6-15-11-9(5)13-12(16-7-2)10(14-11)8(3)4/h8-10H,6-7H2,1-5H3. The van der Waals surface area contributed by atoms with Crippen molar-refractivity contribution in [2.24, 2.45) is 15.9 Å². The van der Waals surface area contributed by atoms with Gasteiger partial charge in [0, 0.05) is 0 Å². The minimum atomic E-state index is -0.0310. The molecular weight excluding hydrogens is 204 g/mol. The van der Waals surface area contributed by atoms with E-state index in [0.29, 0.717) is 19.1 Å². The Bertz CT molecular complexity index is 285. The molecule has 4 heteroatoms. The first-order valence-corrected chi connectivity index (χ1v) is 6.01. The van der Waals surface area contributed by atoms with Gasteiger partial charge in [0.05, 0.1) is 13.2 Å². The highest BCUT2D eigenvalue weighted by Gasteiger charge is 2.28. The molecule has 0 aromatic rings. The van der Waals surface area contributed by atoms with Crippen LogP contribution in [0, 0.1) is 5.92 Å². The zero-order valence-electron chi connectivity index (χ0n) is 10.9. The summed E-state index contributed by atoms with van der Waals surface area (Å²) in [7, 11) is 0. The maximum Gasteiger partial charge on any atom is 0.209 e. The molecule has 0 amide bonds. The summed E-state index contributed by atoms with van der Waals surface area (Å²) in [5.41, 5.74) is 0. The van der Waals surface area contributed by atoms with Gasteiger partial charge in [0.2, 0.25) is 11.8 Å². The zero-order chi connectivity index (χ0) is 12.1. The quantitative estimate of drug-likeness (QED) is 0.741. The molecule has 0 aliphatic carbocycles. The molecule has 1 rings (SSSR count). The molecule has 16 heavy (non-hydrogen) atoms. The van der Waals surface area contributed by atoms with Gasteiger partial charge in [0.1, 0.15) is 12.1 Å². The fourth-order valence-electron chi connectivity index (χ4n) is 1.63. The minimum absolute atomic E-state index is 0.00213. The van der Waals surface area contributed by atoms with E-state index in [4.69, 9.17) is 9.47 Å². The van der Waals surface area contributed by atoms with Crippen LogP contribution in [-0.4, -0.2) is 37.1 Å². The molecule has 0 spiro atoms. The number of aliphatic imine (C=N–C) groups is 2. The van der Waals surface area contributed by atoms with Crippen LogP contribution in [0.5, 0.6) is 0 Å². The van der Waals surface area contributed by atoms with Crippen LogP contribution in [0.15, 0.2) is 9.98 Å². The molecule has 0 aromatic carbocycles. The van der Waals surface area contributed by atoms with Crippen molar-refractivity contribution in [3.05, 3.63) is 0 Å². The second kappa shape index (κ2) is 5.87. The highest BCUT2D eigenvalue weighted by molar-refractivity contribution is 5.93. The summed E-state index contributed by atoms with van der Waals surface area (Å²) in [5, 5.41) is 0. The Morgan fingerprint density at radius 2 is 1.62 bits per heavy atom. The summed E-state index contributed by atoms with van der Waals surface area (Å²) in [6.07, 6.45) is 0. The molecule has 0 radical (unpaired) electrons. The van der Waals surface area contributed by atoms with Crippen molar-refractivity contribution in [3.8, 4) is 0 Å². The Kier molecular flexibility index (Phi) is 4.77. The first-order valence-electron chi connectivity index (χ1n) is 6.01. The predicted octanol–water partition coefficient (Wildman–Crippen LogP) is 2.28. The lowest BCUT2D eigenvalue weighted by atomic mass is 10.0. The average molecular weight is 226 g/mol. The van der Waals surface area contributed by atoms with Crippen LogP contribution >= 0.6 is 0 Å². The SMILES string of the molecule is CCOC1=NC(C(C)C)C(OCC)=NC1C. The van der Waals surface area contributed by atoms with Crippen LogP contribution in [-0.2, 0) is 9.47 Å². The molecule has 0 fully saturated rings. The van der Waals surface area contributed by atoms with Crippen LogP contribution in [0.4, 0.5) is 0 Å². The van der Waals surface area contributed by atoms with E-state index in [9.17, 15) is 0 Å². The van der Waals surface area contributed by atoms with Crippen molar-refractivity contribution < 1.29 is 9.47 Å². The summed E-state index contributed by atoms with van der Waals surface area (Å²) in [5.74, 6) is 1.84. The van der Waals surface area contributed by atoms with E-state index in [2.05, 4.69) is 23.8 Å². The number of hydrogen-bond acceptors (Lipinski definition) is 4. The molecule has 92 valence electrons. The molecule has 4 nitrogen and oxygen atoms in total. The normalized spacial score (nSPS) is 25.1. The lowest BCUT2D eigenvalue weighted by Gasteiger charge is -2.26. The maximum atomic E-state index is 5.54. The van der Waals surface area contributed by atoms with Crippen LogP contribution in [0.2, 0.25) is 0 Å². The van der Waals surface area contributed by atoms with E-state index in [1.165, 1.54) is 0 Å². The van der Waals surface area contributed by atoms with E-state index in [1.54, 1.807) is 0 Å². The molecule has 2 unspecified atom stereocenters. The molecule has 0 bridgehead atoms. The summed E-state index contributed by atoms with van der Waals surface area (Å²) in [6, 6.07) is -0.0331. The van der Waals surface area contributed by atoms with Gasteiger partial charge in [-0.25, -0.2) is 9.98 Å². The fraction of sp³-hybridized carbons (Fsp3) is 0.833. The van der Waals surface area contributed by atoms with Crippen LogP contribution in [0.25, 0.3) is 0 Å². The van der Waals surface area contributed by atoms with Crippen molar-refractivity contribution in [1.29, 1.82) is 0 Å². The van der Waals surface area contributed by atoms with Gasteiger partial charge >= 0.3 is 0 Å². The van der Waals surface area contributed by atoms with Gasteiger partial charge < -0.3 is 9.47 Å². The van der Waals surface area contributed by atoms with Gasteiger partial charge in [-0.05, 0) is 26.7 Å². The molecule has 1 heterocycles. The molecule has 0 N–H and O–H groups in total. The van der Waals surface area contributed by atoms with Gasteiger partial charge in [-0.15, -0.1) is 0 Å². The molecule has 1 aliphatic heterocycles. The fourth-order valence-corrected chi connectivity index (χ4v) is 1.63. The summed E-state index contributed by atoms with van der Waals surface area (Å²) >= 11 is 0. The van der Waals surface area contributed by atoms with E-state index in [1.807, 2.05) is 20.8 Å². The molecule has 1 aliphatic rings. The summed E-state index contributed by atoms with van der Waals surface area (Å²) < 4.78 is 11.0. The average Bonchev–Trinajstić information content (AvgIpc) is 2.22. The minimum Gasteiger partial charge on any atom is -0.480 e. The van der Waals surface area contributed by atoms with Gasteiger partial charge in [-0.1, -0.05) is 13.8 Å². The predicted molar refractivity (Wildman–Crippen MR) is 66.2 cm³/mol. The lowest BCUT2D eigenvalue weighted by Crippen LogP contribution is -2.37. The van der Waals surface area contributed by atoms with Crippen LogP contribution in [0.1, 0.15) is 34.6 Å². The molecule has 0 saturated heterocycles. The second-order valence-electron chi connectivity index (χ2n) is 4.17. The number of rotatable bonds is 3. The Morgan fingerprint density at radius 3 is 2.12 bits per heavy atom. The smallest absolute Gasteiger partial charge is 0.209 e. The molecular formula is C12H22N2O2. The number of ether oxygens (including phenoxy) is 2. The van der Waals surface area contributed by atoms with Crippen LogP contribution < -0.4 is 0 Å². The van der Waals surface area contributed by atoms with Gasteiger partial charge in [0.25, 0.3) is 0 Å². The summed E-state index contributed by atoms with van der Waals surface area (Å²) in [4.78, 5) is 9.10. The first kappa shape index (κ1) is 13.0. The Hall–Kier alpha value is -1.06. The largest absolute Gasteiger partial charge is 0.480 e. The van der Waals surface area contributed by atoms with Crippen molar-refractivity contribution >= 4 is 11.8 Å². The van der Waals surface area contributed by atoms with Crippen molar-refractivity contribution in [2.45, 2.75) is 46.7 Å². The summed E-state index contributed by atoms with van der Waals surface area (Å²) in [6.45, 7) is 11.4. The second-order valence-corrected chi connectivity index (χ2v) is 4.17. The van der Waals surface area contributed by atoms with Crippen molar-refractivity contribution in [3.63, 3.8) is 0 Å². The molecule has 0 aromatic heterocycles. The zero-order valence-corrected chi connectivity index (χ0v) is 10.9. The highest BCUT2D eigenvalue weighted by Crippen LogP contribution is 2.17. The Labute approximate surface area is 97.8 Å². The Morgan fingerprint density at radius 1 is 1.06 bits per heavy atom. The number of nitrogens with zero attached hydrogens (tertiary/aromatic N) is 2. The van der Waals surface area contributed by atoms with Gasteiger partial charge in [-0.2, -0.15) is 0 Å². The van der Waals surface area contributed by atoms with Crippen molar-refractivity contribution in [2.75, 3.05) is 13.2 Å². The third kappa shape index (κ3) is 2.97. The highest BCUT2D eigenvalue weighted by atomic mass is 16.5. The van der Waals surface area contributed by atoms with Crippen LogP contribution in [0.3, 0.4) is 0 Å². The molecule has 0 saturated carbocycles. The van der Waals surface area contributed by atoms with E-state index in [0.717, 1.165) is 11.8 Å². The van der Waals surface area contributed by atoms with Gasteiger partial charge in [0.15, 0.2) is 0 Å². The van der Waals surface area contributed by atoms with Gasteiger partial charge in [-0.3, -0.25) is 0 Å². The van der Waals surface area contributed by atoms with E-state index >= 15 is 0 Å². The third-order valence-electron chi connectivity index (χ3n) is 2.41. The van der Waals surface area contributed by atoms with Crippen molar-refractivity contribution in [1.82, 2.24) is 0 Å². The Balaban J connectivity index is 2.85. The topological polar surface area (TPSA) is 43.2 Å². The number of hydrogen-bond donors (Lipinski definition) is 0. The first-order chi connectivity index (χ1) is 7.60. The maximum absolute atomic E-state index is 5.54. The lowest BCUT2D eigenvalue weighted by molar-refractivity contribution is 0.278. The van der Waals surface area contributed by atoms with E-state index < -0.39 is 0 Å². The third-order valence-corrected chi connectivity index (χ3v) is 2.41.